The van der Waals surface area contributed by atoms with Gasteiger partial charge in [-0.3, -0.25) is 4.79 Å². The molecule has 3 N–H and O–H groups in total. The zero-order valence-corrected chi connectivity index (χ0v) is 16.6. The summed E-state index contributed by atoms with van der Waals surface area (Å²) in [5.74, 6) is -2.26. The van der Waals surface area contributed by atoms with Crippen LogP contribution in [0.25, 0.3) is 0 Å². The van der Waals surface area contributed by atoms with Crippen molar-refractivity contribution in [3.63, 3.8) is 0 Å². The molecule has 28 heavy (non-hydrogen) atoms. The average molecular weight is 397 g/mol. The molecule has 10 nitrogen and oxygen atoms in total. The van der Waals surface area contributed by atoms with Crippen molar-refractivity contribution in [2.45, 2.75) is 26.3 Å². The second kappa shape index (κ2) is 10.6. The van der Waals surface area contributed by atoms with Crippen LogP contribution < -0.4 is 15.4 Å². The van der Waals surface area contributed by atoms with Gasteiger partial charge in [-0.1, -0.05) is 20.3 Å². The molecule has 1 unspecified atom stereocenters. The third-order valence-corrected chi connectivity index (χ3v) is 4.26. The molecule has 1 amide bonds. The van der Waals surface area contributed by atoms with Gasteiger partial charge in [0.15, 0.2) is 12.3 Å². The summed E-state index contributed by atoms with van der Waals surface area (Å²) in [4.78, 5) is 38.0. The van der Waals surface area contributed by atoms with Gasteiger partial charge in [0.25, 0.3) is 5.91 Å². The number of quaternary nitrogens is 1. The van der Waals surface area contributed by atoms with Crippen molar-refractivity contribution in [2.75, 3.05) is 32.7 Å². The van der Waals surface area contributed by atoms with Crippen LogP contribution in [-0.2, 0) is 19.1 Å². The molecule has 0 spiro atoms. The molecule has 0 aliphatic heterocycles. The standard InChI is InChI=1S/C18H27N3O7/c1-6-11(2)16(18(24)27-5)19-15(22)10-28-17(23)13-9-12(21(25)26)7-8-14(13)20(3)4/h7-9,11,16,21,25H,6,10H2,1-5H3,(H,19,22)/t11-,16+/m1/s1. The Morgan fingerprint density at radius 3 is 2.46 bits per heavy atom. The lowest BCUT2D eigenvalue weighted by Gasteiger charge is -2.22. The third-order valence-electron chi connectivity index (χ3n) is 4.26. The highest BCUT2D eigenvalue weighted by atomic mass is 16.8. The summed E-state index contributed by atoms with van der Waals surface area (Å²) in [7, 11) is 4.60. The Kier molecular flexibility index (Phi) is 8.83. The van der Waals surface area contributed by atoms with E-state index < -0.39 is 35.7 Å². The first-order valence-corrected chi connectivity index (χ1v) is 8.71. The molecule has 0 bridgehead atoms. The van der Waals surface area contributed by atoms with E-state index in [0.717, 1.165) is 0 Å². The number of anilines is 1. The number of ether oxygens (including phenoxy) is 2. The largest absolute Gasteiger partial charge is 0.595 e. The number of nitrogens with zero attached hydrogens (tertiary/aromatic N) is 1. The van der Waals surface area contributed by atoms with Crippen molar-refractivity contribution in [3.8, 4) is 0 Å². The zero-order valence-electron chi connectivity index (χ0n) is 16.6. The van der Waals surface area contributed by atoms with Crippen molar-refractivity contribution in [1.29, 1.82) is 0 Å². The van der Waals surface area contributed by atoms with E-state index in [1.54, 1.807) is 25.9 Å². The Bertz CT molecular complexity index is 706. The second-order valence-corrected chi connectivity index (χ2v) is 6.46. The fourth-order valence-electron chi connectivity index (χ4n) is 2.44. The normalized spacial score (nSPS) is 13.8. The molecule has 156 valence electrons. The Morgan fingerprint density at radius 1 is 1.32 bits per heavy atom. The molecule has 1 aromatic rings. The van der Waals surface area contributed by atoms with Crippen molar-refractivity contribution < 1.29 is 34.3 Å². The van der Waals surface area contributed by atoms with Gasteiger partial charge in [-0.15, -0.1) is 0 Å². The summed E-state index contributed by atoms with van der Waals surface area (Å²) >= 11 is 0. The van der Waals surface area contributed by atoms with Crippen molar-refractivity contribution in [3.05, 3.63) is 29.0 Å². The van der Waals surface area contributed by atoms with E-state index in [0.29, 0.717) is 12.1 Å². The molecule has 0 aliphatic carbocycles. The number of hydrogen-bond acceptors (Lipinski definition) is 8. The maximum absolute atomic E-state index is 12.4. The number of hydrogen-bond donors (Lipinski definition) is 3. The van der Waals surface area contributed by atoms with E-state index in [1.165, 1.54) is 25.3 Å². The molecular formula is C18H27N3O7. The predicted octanol–water partition coefficient (Wildman–Crippen LogP) is 0.0167. The van der Waals surface area contributed by atoms with Gasteiger partial charge in [0.2, 0.25) is 0 Å². The number of esters is 2. The summed E-state index contributed by atoms with van der Waals surface area (Å²) in [6.07, 6.45) is 0.633. The number of nitrogens with one attached hydrogen (secondary N) is 2. The highest BCUT2D eigenvalue weighted by Crippen LogP contribution is 2.22. The molecular weight excluding hydrogens is 370 g/mol. The zero-order chi connectivity index (χ0) is 21.4. The van der Waals surface area contributed by atoms with Gasteiger partial charge >= 0.3 is 11.9 Å². The molecule has 0 saturated heterocycles. The van der Waals surface area contributed by atoms with Crippen LogP contribution in [-0.4, -0.2) is 56.9 Å². The second-order valence-electron chi connectivity index (χ2n) is 6.46. The Labute approximate surface area is 163 Å². The highest BCUT2D eigenvalue weighted by molar-refractivity contribution is 5.98. The van der Waals surface area contributed by atoms with Crippen LogP contribution in [0.2, 0.25) is 0 Å². The van der Waals surface area contributed by atoms with Crippen LogP contribution >= 0.6 is 0 Å². The molecule has 0 heterocycles. The van der Waals surface area contributed by atoms with Crippen molar-refractivity contribution in [2.24, 2.45) is 5.92 Å². The summed E-state index contributed by atoms with van der Waals surface area (Å²) < 4.78 is 9.71. The van der Waals surface area contributed by atoms with Gasteiger partial charge in [0.05, 0.1) is 18.4 Å². The lowest BCUT2D eigenvalue weighted by atomic mass is 9.99. The quantitative estimate of drug-likeness (QED) is 0.392. The summed E-state index contributed by atoms with van der Waals surface area (Å²) in [5.41, 5.74) is 0.385. The Morgan fingerprint density at radius 2 is 1.96 bits per heavy atom. The fourth-order valence-corrected chi connectivity index (χ4v) is 2.44. The van der Waals surface area contributed by atoms with E-state index in [1.807, 2.05) is 6.92 Å². The topological polar surface area (TPSA) is 133 Å². The van der Waals surface area contributed by atoms with E-state index >= 15 is 0 Å². The Hall–Kier alpha value is -2.69. The minimum atomic E-state index is -1.19. The van der Waals surface area contributed by atoms with Crippen molar-refractivity contribution in [1.82, 2.24) is 5.32 Å². The summed E-state index contributed by atoms with van der Waals surface area (Å²) in [5, 5.41) is 21.6. The number of amides is 1. The van der Waals surface area contributed by atoms with E-state index in [2.05, 4.69) is 10.1 Å². The number of benzene rings is 1. The van der Waals surface area contributed by atoms with Crippen LogP contribution in [0.1, 0.15) is 30.6 Å². The van der Waals surface area contributed by atoms with Gasteiger partial charge in [-0.05, 0) is 12.0 Å². The van der Waals surface area contributed by atoms with Crippen LogP contribution in [0.15, 0.2) is 18.2 Å². The van der Waals surface area contributed by atoms with E-state index in [4.69, 9.17) is 9.94 Å². The van der Waals surface area contributed by atoms with Gasteiger partial charge in [-0.25, -0.2) is 14.8 Å². The van der Waals surface area contributed by atoms with Crippen molar-refractivity contribution >= 4 is 29.2 Å². The molecule has 0 aliphatic rings. The summed E-state index contributed by atoms with van der Waals surface area (Å²) in [6, 6.07) is 3.19. The predicted molar refractivity (Wildman–Crippen MR) is 100 cm³/mol. The van der Waals surface area contributed by atoms with Gasteiger partial charge in [0, 0.05) is 26.2 Å². The SMILES string of the molecule is CC[C@@H](C)[C@H](NC(=O)COC(=O)c1cc([NH+]([O-])O)ccc1N(C)C)C(=O)OC. The molecule has 10 heteroatoms. The third kappa shape index (κ3) is 6.19. The maximum Gasteiger partial charge on any atom is 0.340 e. The monoisotopic (exact) mass is 397 g/mol. The van der Waals surface area contributed by atoms with Crippen LogP contribution in [0.5, 0.6) is 0 Å². The maximum atomic E-state index is 12.4. The summed E-state index contributed by atoms with van der Waals surface area (Å²) in [6.45, 7) is 3.03. The van der Waals surface area contributed by atoms with Crippen LogP contribution in [0, 0.1) is 11.1 Å². The molecule has 0 saturated carbocycles. The minimum Gasteiger partial charge on any atom is -0.595 e. The minimum absolute atomic E-state index is 0.0177. The Balaban J connectivity index is 2.87. The number of carbonyl (C=O) groups excluding carboxylic acids is 3. The molecule has 0 fully saturated rings. The first-order valence-electron chi connectivity index (χ1n) is 8.71. The average Bonchev–Trinajstić information content (AvgIpc) is 2.68. The lowest BCUT2D eigenvalue weighted by Crippen LogP contribution is -2.99. The van der Waals surface area contributed by atoms with E-state index in [9.17, 15) is 19.6 Å². The molecule has 3 atom stereocenters. The van der Waals surface area contributed by atoms with E-state index in [-0.39, 0.29) is 17.2 Å². The van der Waals surface area contributed by atoms with Gasteiger partial charge < -0.3 is 24.9 Å². The molecule has 1 rings (SSSR count). The van der Waals surface area contributed by atoms with Gasteiger partial charge in [0.1, 0.15) is 6.04 Å². The molecule has 0 aromatic heterocycles. The number of methoxy groups -OCH3 is 1. The first-order chi connectivity index (χ1) is 13.1. The fraction of sp³-hybridized carbons (Fsp3) is 0.500. The van der Waals surface area contributed by atoms with Crippen LogP contribution in [0.4, 0.5) is 11.4 Å². The molecule has 0 radical (unpaired) electrons. The number of rotatable bonds is 9. The molecule has 1 aromatic carbocycles. The number of carbonyl (C=O) groups is 3. The smallest absolute Gasteiger partial charge is 0.340 e. The van der Waals surface area contributed by atoms with Crippen LogP contribution in [0.3, 0.4) is 0 Å². The van der Waals surface area contributed by atoms with Gasteiger partial charge in [-0.2, -0.15) is 5.23 Å². The highest BCUT2D eigenvalue weighted by Gasteiger charge is 2.27. The first kappa shape index (κ1) is 23.3. The lowest BCUT2D eigenvalue weighted by molar-refractivity contribution is -0.991.